The van der Waals surface area contributed by atoms with Crippen LogP contribution in [-0.2, 0) is 4.79 Å². The van der Waals surface area contributed by atoms with Gasteiger partial charge in [-0.1, -0.05) is 12.1 Å². The molecule has 4 aliphatic carbocycles. The van der Waals surface area contributed by atoms with Crippen molar-refractivity contribution in [3.05, 3.63) is 24.3 Å². The molecule has 1 aromatic carbocycles. The van der Waals surface area contributed by atoms with Gasteiger partial charge in [0, 0.05) is 31.6 Å². The molecule has 4 bridgehead atoms. The van der Waals surface area contributed by atoms with Crippen LogP contribution in [0.5, 0.6) is 5.75 Å². The summed E-state index contributed by atoms with van der Waals surface area (Å²) in [6, 6.07) is 8.25. The van der Waals surface area contributed by atoms with E-state index in [-0.39, 0.29) is 17.8 Å². The number of halogens is 1. The minimum absolute atomic E-state index is 0. The first kappa shape index (κ1) is 20.0. The van der Waals surface area contributed by atoms with Gasteiger partial charge in [-0.2, -0.15) is 0 Å². The Bertz CT molecular complexity index is 679. The molecule has 5 heteroatoms. The van der Waals surface area contributed by atoms with Gasteiger partial charge in [-0.15, -0.1) is 12.4 Å². The highest BCUT2D eigenvalue weighted by molar-refractivity contribution is 5.87. The van der Waals surface area contributed by atoms with Crippen LogP contribution >= 0.6 is 12.4 Å². The first-order valence-electron chi connectivity index (χ1n) is 10.8. The third kappa shape index (κ3) is 3.54. The Labute approximate surface area is 175 Å². The van der Waals surface area contributed by atoms with Crippen molar-refractivity contribution in [3.63, 3.8) is 0 Å². The predicted molar refractivity (Wildman–Crippen MR) is 115 cm³/mol. The number of carbonyl (C=O) groups excluding carboxylic acids is 1. The zero-order valence-electron chi connectivity index (χ0n) is 16.9. The Morgan fingerprint density at radius 1 is 1.00 bits per heavy atom. The zero-order chi connectivity index (χ0) is 18.4. The standard InChI is InChI=1S/C23H32N2O2.ClH/c1-27-21-5-3-2-4-20(21)25-8-6-24(7-9-25)16-22(26)23-13-17-10-18(14-23)12-19(11-17)15-23;/h2-5,17-19H,6-16H2,1H3;1H. The molecule has 0 aromatic heterocycles. The number of anilines is 1. The molecule has 4 nitrogen and oxygen atoms in total. The van der Waals surface area contributed by atoms with Crippen molar-refractivity contribution in [3.8, 4) is 5.75 Å². The van der Waals surface area contributed by atoms with E-state index in [9.17, 15) is 4.79 Å². The van der Waals surface area contributed by atoms with Crippen LogP contribution in [0.4, 0.5) is 5.69 Å². The average Bonchev–Trinajstić information content (AvgIpc) is 2.67. The van der Waals surface area contributed by atoms with Gasteiger partial charge in [-0.05, 0) is 68.4 Å². The van der Waals surface area contributed by atoms with Gasteiger partial charge < -0.3 is 9.64 Å². The second-order valence-electron chi connectivity index (χ2n) is 9.56. The summed E-state index contributed by atoms with van der Waals surface area (Å²) in [6.45, 7) is 4.54. The van der Waals surface area contributed by atoms with Gasteiger partial charge in [-0.3, -0.25) is 9.69 Å². The number of hydrogen-bond donors (Lipinski definition) is 0. The fraction of sp³-hybridized carbons (Fsp3) is 0.696. The number of nitrogens with zero attached hydrogens (tertiary/aromatic N) is 2. The van der Waals surface area contributed by atoms with E-state index in [1.54, 1.807) is 7.11 Å². The number of para-hydroxylation sites is 2. The highest BCUT2D eigenvalue weighted by Crippen LogP contribution is 2.60. The lowest BCUT2D eigenvalue weighted by molar-refractivity contribution is -0.145. The molecule has 0 spiro atoms. The van der Waals surface area contributed by atoms with Gasteiger partial charge in [0.1, 0.15) is 5.75 Å². The molecule has 0 radical (unpaired) electrons. The Morgan fingerprint density at radius 2 is 1.57 bits per heavy atom. The van der Waals surface area contributed by atoms with Gasteiger partial charge in [0.2, 0.25) is 0 Å². The highest BCUT2D eigenvalue weighted by Gasteiger charge is 2.54. The molecular formula is C23H33ClN2O2. The second kappa shape index (κ2) is 7.87. The second-order valence-corrected chi connectivity index (χ2v) is 9.56. The fourth-order valence-corrected chi connectivity index (χ4v) is 6.86. The van der Waals surface area contributed by atoms with E-state index in [1.807, 2.05) is 12.1 Å². The third-order valence-corrected chi connectivity index (χ3v) is 7.80. The summed E-state index contributed by atoms with van der Waals surface area (Å²) in [5.74, 6) is 4.05. The van der Waals surface area contributed by atoms with E-state index in [1.165, 1.54) is 44.2 Å². The molecular weight excluding hydrogens is 372 g/mol. The average molecular weight is 405 g/mol. The molecule has 4 saturated carbocycles. The van der Waals surface area contributed by atoms with Crippen molar-refractivity contribution in [1.82, 2.24) is 4.90 Å². The maximum atomic E-state index is 13.3. The maximum Gasteiger partial charge on any atom is 0.152 e. The van der Waals surface area contributed by atoms with Crippen LogP contribution in [0.25, 0.3) is 0 Å². The Balaban J connectivity index is 0.00000192. The van der Waals surface area contributed by atoms with Crippen LogP contribution in [0.3, 0.4) is 0 Å². The van der Waals surface area contributed by atoms with Crippen LogP contribution in [0.2, 0.25) is 0 Å². The van der Waals surface area contributed by atoms with Crippen LogP contribution in [0.1, 0.15) is 38.5 Å². The molecule has 1 aromatic rings. The number of hydrogen-bond acceptors (Lipinski definition) is 4. The smallest absolute Gasteiger partial charge is 0.152 e. The van der Waals surface area contributed by atoms with Gasteiger partial charge in [0.15, 0.2) is 5.78 Å². The van der Waals surface area contributed by atoms with E-state index in [0.29, 0.717) is 12.3 Å². The van der Waals surface area contributed by atoms with Crippen LogP contribution < -0.4 is 9.64 Å². The Morgan fingerprint density at radius 3 is 2.14 bits per heavy atom. The van der Waals surface area contributed by atoms with Crippen LogP contribution in [-0.4, -0.2) is 50.5 Å². The first-order chi connectivity index (χ1) is 13.1. The Hall–Kier alpha value is -1.26. The topological polar surface area (TPSA) is 32.8 Å². The molecule has 1 heterocycles. The monoisotopic (exact) mass is 404 g/mol. The summed E-state index contributed by atoms with van der Waals surface area (Å²) in [4.78, 5) is 18.1. The molecule has 28 heavy (non-hydrogen) atoms. The zero-order valence-corrected chi connectivity index (χ0v) is 17.8. The quantitative estimate of drug-likeness (QED) is 0.741. The lowest BCUT2D eigenvalue weighted by atomic mass is 9.48. The molecule has 0 amide bonds. The van der Waals surface area contributed by atoms with Crippen molar-refractivity contribution < 1.29 is 9.53 Å². The maximum absolute atomic E-state index is 13.3. The number of carbonyl (C=O) groups is 1. The number of ether oxygens (including phenoxy) is 1. The van der Waals surface area contributed by atoms with Gasteiger partial charge >= 0.3 is 0 Å². The molecule has 0 unspecified atom stereocenters. The molecule has 5 aliphatic rings. The van der Waals surface area contributed by atoms with Crippen LogP contribution in [0.15, 0.2) is 24.3 Å². The largest absolute Gasteiger partial charge is 0.495 e. The molecule has 154 valence electrons. The summed E-state index contributed by atoms with van der Waals surface area (Å²) >= 11 is 0. The van der Waals surface area contributed by atoms with Crippen molar-refractivity contribution in [1.29, 1.82) is 0 Å². The normalized spacial score (nSPS) is 34.2. The van der Waals surface area contributed by atoms with E-state index in [2.05, 4.69) is 21.9 Å². The van der Waals surface area contributed by atoms with Crippen molar-refractivity contribution in [2.24, 2.45) is 23.2 Å². The summed E-state index contributed by atoms with van der Waals surface area (Å²) in [6.07, 6.45) is 7.80. The number of methoxy groups -OCH3 is 1. The summed E-state index contributed by atoms with van der Waals surface area (Å²) < 4.78 is 5.52. The SMILES string of the molecule is COc1ccccc1N1CCN(CC(=O)C23CC4CC(CC(C4)C2)C3)CC1.Cl. The van der Waals surface area contributed by atoms with Crippen molar-refractivity contribution >= 4 is 23.9 Å². The van der Waals surface area contributed by atoms with Gasteiger partial charge in [0.05, 0.1) is 19.3 Å². The molecule has 0 atom stereocenters. The van der Waals surface area contributed by atoms with E-state index < -0.39 is 0 Å². The minimum atomic E-state index is 0. The minimum Gasteiger partial charge on any atom is -0.495 e. The summed E-state index contributed by atoms with van der Waals surface area (Å²) in [7, 11) is 1.74. The lowest BCUT2D eigenvalue weighted by Gasteiger charge is -2.56. The van der Waals surface area contributed by atoms with Gasteiger partial charge in [0.25, 0.3) is 0 Å². The molecule has 6 rings (SSSR count). The number of rotatable bonds is 5. The number of Topliss-reactive ketones (excluding diaryl/α,β-unsaturated/α-hetero) is 1. The van der Waals surface area contributed by atoms with E-state index in [4.69, 9.17) is 4.74 Å². The lowest BCUT2D eigenvalue weighted by Crippen LogP contribution is -2.54. The summed E-state index contributed by atoms with van der Waals surface area (Å²) in [5.41, 5.74) is 1.22. The number of benzene rings is 1. The van der Waals surface area contributed by atoms with E-state index >= 15 is 0 Å². The fourth-order valence-electron chi connectivity index (χ4n) is 6.86. The third-order valence-electron chi connectivity index (χ3n) is 7.80. The van der Waals surface area contributed by atoms with E-state index in [0.717, 1.165) is 49.7 Å². The number of ketones is 1. The predicted octanol–water partition coefficient (Wildman–Crippen LogP) is 4.02. The first-order valence-corrected chi connectivity index (χ1v) is 10.8. The summed E-state index contributed by atoms with van der Waals surface area (Å²) in [5, 5.41) is 0. The van der Waals surface area contributed by atoms with Crippen LogP contribution in [0, 0.1) is 23.2 Å². The van der Waals surface area contributed by atoms with Crippen molar-refractivity contribution in [2.75, 3.05) is 44.7 Å². The number of piperazine rings is 1. The molecule has 1 saturated heterocycles. The van der Waals surface area contributed by atoms with Crippen molar-refractivity contribution in [2.45, 2.75) is 38.5 Å². The van der Waals surface area contributed by atoms with Gasteiger partial charge in [-0.25, -0.2) is 0 Å². The molecule has 5 fully saturated rings. The Kier molecular flexibility index (Phi) is 5.63. The molecule has 0 N–H and O–H groups in total. The molecule has 1 aliphatic heterocycles. The highest BCUT2D eigenvalue weighted by atomic mass is 35.5.